The Balaban J connectivity index is 3.14. The number of ether oxygens (including phenoxy) is 1. The van der Waals surface area contributed by atoms with E-state index in [1.807, 2.05) is 6.92 Å². The molecular formula is C35H58O11. The van der Waals surface area contributed by atoms with Crippen molar-refractivity contribution in [2.75, 3.05) is 0 Å². The molecular weight excluding hydrogens is 596 g/mol. The number of hydrogen-bond acceptors (Lipinski definition) is 11. The van der Waals surface area contributed by atoms with E-state index in [0.29, 0.717) is 12.0 Å². The van der Waals surface area contributed by atoms with Gasteiger partial charge in [-0.2, -0.15) is 0 Å². The first-order valence-electron chi connectivity index (χ1n) is 16.4. The summed E-state index contributed by atoms with van der Waals surface area (Å²) in [5.74, 6) is -2.33. The van der Waals surface area contributed by atoms with Crippen LogP contribution in [0.4, 0.5) is 0 Å². The van der Waals surface area contributed by atoms with Crippen molar-refractivity contribution in [2.45, 2.75) is 146 Å². The van der Waals surface area contributed by atoms with Gasteiger partial charge in [0.25, 0.3) is 0 Å². The van der Waals surface area contributed by atoms with Crippen molar-refractivity contribution in [3.05, 3.63) is 60.3 Å². The molecule has 0 aromatic carbocycles. The number of esters is 1. The second kappa shape index (κ2) is 23.2. The molecule has 0 amide bonds. The van der Waals surface area contributed by atoms with Crippen molar-refractivity contribution in [2.24, 2.45) is 5.92 Å². The summed E-state index contributed by atoms with van der Waals surface area (Å²) >= 11 is 0. The topological polar surface area (TPSA) is 208 Å². The number of unbranched alkanes of at least 4 members (excludes halogenated alkanes) is 2. The second-order valence-corrected chi connectivity index (χ2v) is 12.4. The summed E-state index contributed by atoms with van der Waals surface area (Å²) in [7, 11) is 0. The van der Waals surface area contributed by atoms with Crippen LogP contribution in [0.5, 0.6) is 0 Å². The number of cyclic esters (lactones) is 1. The molecule has 9 N–H and O–H groups in total. The van der Waals surface area contributed by atoms with E-state index in [-0.39, 0.29) is 44.9 Å². The van der Waals surface area contributed by atoms with Crippen LogP contribution in [0.25, 0.3) is 0 Å². The summed E-state index contributed by atoms with van der Waals surface area (Å²) in [6.45, 7) is 5.18. The van der Waals surface area contributed by atoms with Crippen LogP contribution < -0.4 is 0 Å². The lowest BCUT2D eigenvalue weighted by Gasteiger charge is -2.29. The normalized spacial score (nSPS) is 34.7. The van der Waals surface area contributed by atoms with E-state index in [2.05, 4.69) is 0 Å². The molecule has 0 aliphatic carbocycles. The van der Waals surface area contributed by atoms with Gasteiger partial charge < -0.3 is 50.7 Å². The average molecular weight is 655 g/mol. The highest BCUT2D eigenvalue weighted by molar-refractivity contribution is 5.74. The van der Waals surface area contributed by atoms with Crippen LogP contribution in [-0.4, -0.2) is 113 Å². The van der Waals surface area contributed by atoms with Gasteiger partial charge in [0.05, 0.1) is 48.8 Å². The van der Waals surface area contributed by atoms with Gasteiger partial charge in [0, 0.05) is 12.8 Å². The lowest BCUT2D eigenvalue weighted by Crippen LogP contribution is -2.43. The van der Waals surface area contributed by atoms with Gasteiger partial charge in [0.1, 0.15) is 18.1 Å². The number of carbonyl (C=O) groups excluding carboxylic acids is 1. The molecule has 0 bridgehead atoms. The van der Waals surface area contributed by atoms with Crippen LogP contribution in [0.15, 0.2) is 60.3 Å². The van der Waals surface area contributed by atoms with Crippen molar-refractivity contribution >= 4 is 5.97 Å². The Bertz CT molecular complexity index is 991. The van der Waals surface area contributed by atoms with E-state index in [1.54, 1.807) is 55.5 Å². The maximum Gasteiger partial charge on any atom is 0.314 e. The van der Waals surface area contributed by atoms with Crippen molar-refractivity contribution in [1.82, 2.24) is 0 Å². The molecule has 1 aliphatic heterocycles. The molecule has 1 heterocycles. The van der Waals surface area contributed by atoms with E-state index in [1.165, 1.54) is 13.0 Å². The fraction of sp³-hybridized carbons (Fsp3) is 0.686. The third-order valence-electron chi connectivity index (χ3n) is 8.03. The Hall–Kier alpha value is -2.19. The van der Waals surface area contributed by atoms with E-state index < -0.39 is 72.9 Å². The molecule has 11 atom stereocenters. The van der Waals surface area contributed by atoms with Crippen LogP contribution in [0.2, 0.25) is 0 Å². The third-order valence-corrected chi connectivity index (χ3v) is 8.03. The quantitative estimate of drug-likeness (QED) is 0.154. The third kappa shape index (κ3) is 17.7. The molecule has 0 aromatic heterocycles. The zero-order valence-electron chi connectivity index (χ0n) is 27.5. The molecule has 0 fully saturated rings. The molecule has 0 spiro atoms. The van der Waals surface area contributed by atoms with E-state index >= 15 is 0 Å². The largest absolute Gasteiger partial charge is 0.459 e. The van der Waals surface area contributed by atoms with Gasteiger partial charge in [0.2, 0.25) is 0 Å². The average Bonchev–Trinajstić information content (AvgIpc) is 2.94. The molecule has 0 saturated heterocycles. The molecule has 0 unspecified atom stereocenters. The lowest BCUT2D eigenvalue weighted by atomic mass is 9.87. The molecule has 1 rings (SSSR count). The number of aliphatic hydroxyl groups excluding tert-OH is 9. The minimum Gasteiger partial charge on any atom is -0.459 e. The molecule has 0 radical (unpaired) electrons. The number of carbonyl (C=O) groups is 1. The number of hydrogen-bond donors (Lipinski definition) is 9. The van der Waals surface area contributed by atoms with Gasteiger partial charge in [0.15, 0.2) is 0 Å². The van der Waals surface area contributed by atoms with Crippen molar-refractivity contribution < 1.29 is 55.5 Å². The summed E-state index contributed by atoms with van der Waals surface area (Å²) in [4.78, 5) is 13.1. The summed E-state index contributed by atoms with van der Waals surface area (Å²) < 4.78 is 5.42. The van der Waals surface area contributed by atoms with Crippen molar-refractivity contribution in [3.8, 4) is 0 Å². The Morgan fingerprint density at radius 2 is 1.20 bits per heavy atom. The first kappa shape index (κ1) is 41.8. The van der Waals surface area contributed by atoms with E-state index in [0.717, 1.165) is 12.8 Å². The van der Waals surface area contributed by atoms with Gasteiger partial charge in [-0.05, 0) is 51.5 Å². The van der Waals surface area contributed by atoms with Gasteiger partial charge in [-0.15, -0.1) is 0 Å². The lowest BCUT2D eigenvalue weighted by molar-refractivity contribution is -0.168. The standard InChI is InChI=1S/C35H58O11/c1-4-5-11-16-31(42)34-33(44)22-29(40)20-27(38)18-25(36)17-26(37)19-28(39)21-32(43)23(2)14-12-9-7-6-8-10-13-15-30(41)24(3)46-35(34)45/h6-10,12-15,24-34,36-44H,4-5,11,16-22H2,1-3H3/t24-,25+,26-,27+,28-,29+,30+,31-,32+,33+,34-/m1/s1. The fourth-order valence-corrected chi connectivity index (χ4v) is 5.27. The highest BCUT2D eigenvalue weighted by Crippen LogP contribution is 2.24. The number of rotatable bonds is 5. The van der Waals surface area contributed by atoms with Gasteiger partial charge in [-0.25, -0.2) is 0 Å². The van der Waals surface area contributed by atoms with E-state index in [4.69, 9.17) is 4.74 Å². The summed E-state index contributed by atoms with van der Waals surface area (Å²) in [5, 5.41) is 94.8. The fourth-order valence-electron chi connectivity index (χ4n) is 5.27. The van der Waals surface area contributed by atoms with Gasteiger partial charge >= 0.3 is 5.97 Å². The first-order chi connectivity index (χ1) is 21.7. The van der Waals surface area contributed by atoms with Gasteiger partial charge in [-0.3, -0.25) is 4.79 Å². The van der Waals surface area contributed by atoms with Crippen molar-refractivity contribution in [3.63, 3.8) is 0 Å². The Labute approximate surface area is 273 Å². The molecule has 11 nitrogen and oxygen atoms in total. The number of aliphatic hydroxyl groups is 9. The first-order valence-corrected chi connectivity index (χ1v) is 16.4. The highest BCUT2D eigenvalue weighted by atomic mass is 16.6. The zero-order chi connectivity index (χ0) is 34.6. The summed E-state index contributed by atoms with van der Waals surface area (Å²) in [5.41, 5.74) is 0.609. The summed E-state index contributed by atoms with van der Waals surface area (Å²) in [6.07, 6.45) is 4.69. The molecule has 0 saturated carbocycles. The maximum atomic E-state index is 13.1. The monoisotopic (exact) mass is 654 g/mol. The summed E-state index contributed by atoms with van der Waals surface area (Å²) in [6, 6.07) is 0. The Kier molecular flexibility index (Phi) is 21.1. The van der Waals surface area contributed by atoms with Crippen LogP contribution >= 0.6 is 0 Å². The smallest absolute Gasteiger partial charge is 0.314 e. The molecule has 264 valence electrons. The SMILES string of the molecule is CCCCC[C@@H](O)[C@H]1C(=O)O[C@H](C)[C@@H](O)C=CC=CC=CC=CC=C(C)[C@@H](O)C[C@H](O)C[C@H](O)C[C@H](O)C[C@H](O)C[C@H](O)C[C@@H]1O. The zero-order valence-corrected chi connectivity index (χ0v) is 27.5. The number of allylic oxidation sites excluding steroid dienone is 8. The molecule has 46 heavy (non-hydrogen) atoms. The molecule has 1 aliphatic rings. The Morgan fingerprint density at radius 3 is 1.74 bits per heavy atom. The van der Waals surface area contributed by atoms with Gasteiger partial charge in [-0.1, -0.05) is 80.9 Å². The molecule has 11 heteroatoms. The predicted octanol–water partition coefficient (Wildman–Crippen LogP) is 1.89. The predicted molar refractivity (Wildman–Crippen MR) is 175 cm³/mol. The second-order valence-electron chi connectivity index (χ2n) is 12.4. The minimum absolute atomic E-state index is 0.0162. The van der Waals surface area contributed by atoms with E-state index in [9.17, 15) is 50.8 Å². The highest BCUT2D eigenvalue weighted by Gasteiger charge is 2.37. The minimum atomic E-state index is -1.52. The van der Waals surface area contributed by atoms with Crippen LogP contribution in [0.3, 0.4) is 0 Å². The maximum absolute atomic E-state index is 13.1. The van der Waals surface area contributed by atoms with Crippen LogP contribution in [0, 0.1) is 5.92 Å². The van der Waals surface area contributed by atoms with Crippen LogP contribution in [-0.2, 0) is 9.53 Å². The Morgan fingerprint density at radius 1 is 0.717 bits per heavy atom. The van der Waals surface area contributed by atoms with Crippen molar-refractivity contribution in [1.29, 1.82) is 0 Å². The molecule has 0 aromatic rings. The van der Waals surface area contributed by atoms with Crippen LogP contribution in [0.1, 0.15) is 85.0 Å².